The van der Waals surface area contributed by atoms with Crippen LogP contribution in [0.1, 0.15) is 52.9 Å². The number of nitrogens with zero attached hydrogens (tertiary/aromatic N) is 1. The van der Waals surface area contributed by atoms with Gasteiger partial charge in [0.25, 0.3) is 0 Å². The van der Waals surface area contributed by atoms with E-state index in [0.717, 1.165) is 12.0 Å². The molecular formula is C15H30N2. The average molecular weight is 238 g/mol. The van der Waals surface area contributed by atoms with Crippen LogP contribution < -0.4 is 5.32 Å². The molecule has 0 spiro atoms. The highest BCUT2D eigenvalue weighted by atomic mass is 15.2. The Kier molecular flexibility index (Phi) is 4.48. The van der Waals surface area contributed by atoms with Crippen molar-refractivity contribution in [2.45, 2.75) is 58.9 Å². The van der Waals surface area contributed by atoms with Crippen molar-refractivity contribution in [2.24, 2.45) is 11.3 Å². The van der Waals surface area contributed by atoms with E-state index in [9.17, 15) is 0 Å². The fourth-order valence-corrected chi connectivity index (χ4v) is 3.44. The smallest absolute Gasteiger partial charge is 0.0107 e. The molecule has 1 N–H and O–H groups in total. The summed E-state index contributed by atoms with van der Waals surface area (Å²) in [4.78, 5) is 2.63. The first-order valence-electron chi connectivity index (χ1n) is 7.53. The summed E-state index contributed by atoms with van der Waals surface area (Å²) in [5.41, 5.74) is 0.554. The predicted molar refractivity (Wildman–Crippen MR) is 74.3 cm³/mol. The fraction of sp³-hybridized carbons (Fsp3) is 1.00. The molecule has 2 unspecified atom stereocenters. The SMILES string of the molecule is CC1CCCCC1NCCN1CCC(C)(C)C1. The maximum absolute atomic E-state index is 3.78. The van der Waals surface area contributed by atoms with E-state index in [4.69, 9.17) is 0 Å². The van der Waals surface area contributed by atoms with Crippen molar-refractivity contribution >= 4 is 0 Å². The van der Waals surface area contributed by atoms with E-state index >= 15 is 0 Å². The summed E-state index contributed by atoms with van der Waals surface area (Å²) < 4.78 is 0. The molecule has 2 nitrogen and oxygen atoms in total. The first-order chi connectivity index (χ1) is 8.07. The normalized spacial score (nSPS) is 34.1. The number of rotatable bonds is 4. The zero-order valence-corrected chi connectivity index (χ0v) is 12.0. The van der Waals surface area contributed by atoms with E-state index in [0.29, 0.717) is 5.41 Å². The third-order valence-corrected chi connectivity index (χ3v) is 4.70. The van der Waals surface area contributed by atoms with E-state index in [1.807, 2.05) is 0 Å². The van der Waals surface area contributed by atoms with Gasteiger partial charge < -0.3 is 10.2 Å². The van der Waals surface area contributed by atoms with E-state index in [-0.39, 0.29) is 0 Å². The van der Waals surface area contributed by atoms with E-state index in [1.165, 1.54) is 58.3 Å². The predicted octanol–water partition coefficient (Wildman–Crippen LogP) is 2.89. The molecule has 0 amide bonds. The van der Waals surface area contributed by atoms with Gasteiger partial charge in [0.1, 0.15) is 0 Å². The Balaban J connectivity index is 1.63. The van der Waals surface area contributed by atoms with Crippen molar-refractivity contribution in [1.29, 1.82) is 0 Å². The van der Waals surface area contributed by atoms with Crippen molar-refractivity contribution < 1.29 is 0 Å². The molecule has 0 aromatic carbocycles. The maximum Gasteiger partial charge on any atom is 0.0107 e. The third-order valence-electron chi connectivity index (χ3n) is 4.70. The lowest BCUT2D eigenvalue weighted by atomic mass is 9.86. The van der Waals surface area contributed by atoms with E-state index in [2.05, 4.69) is 31.0 Å². The molecule has 1 heterocycles. The van der Waals surface area contributed by atoms with Crippen LogP contribution in [0.25, 0.3) is 0 Å². The van der Waals surface area contributed by atoms with Gasteiger partial charge in [-0.05, 0) is 37.1 Å². The summed E-state index contributed by atoms with van der Waals surface area (Å²) in [5.74, 6) is 0.888. The van der Waals surface area contributed by atoms with Gasteiger partial charge in [-0.15, -0.1) is 0 Å². The van der Waals surface area contributed by atoms with Crippen LogP contribution >= 0.6 is 0 Å². The molecule has 0 bridgehead atoms. The molecule has 100 valence electrons. The largest absolute Gasteiger partial charge is 0.312 e. The van der Waals surface area contributed by atoms with Gasteiger partial charge in [0.05, 0.1) is 0 Å². The highest BCUT2D eigenvalue weighted by Crippen LogP contribution is 2.28. The summed E-state index contributed by atoms with van der Waals surface area (Å²) in [6.07, 6.45) is 7.06. The van der Waals surface area contributed by atoms with Crippen LogP contribution in [0.15, 0.2) is 0 Å². The van der Waals surface area contributed by atoms with Crippen LogP contribution in [0, 0.1) is 11.3 Å². The summed E-state index contributed by atoms with van der Waals surface area (Å²) in [5, 5.41) is 3.78. The highest BCUT2D eigenvalue weighted by molar-refractivity contribution is 4.83. The molecule has 1 aliphatic heterocycles. The van der Waals surface area contributed by atoms with Crippen LogP contribution in [0.3, 0.4) is 0 Å². The standard InChI is InChI=1S/C15H30N2/c1-13-6-4-5-7-14(13)16-9-11-17-10-8-15(2,3)12-17/h13-14,16H,4-12H2,1-3H3. The van der Waals surface area contributed by atoms with Crippen LogP contribution in [0.2, 0.25) is 0 Å². The molecule has 2 aliphatic rings. The van der Waals surface area contributed by atoms with Crippen LogP contribution in [0.5, 0.6) is 0 Å². The molecular weight excluding hydrogens is 208 g/mol. The van der Waals surface area contributed by atoms with Gasteiger partial charge in [-0.25, -0.2) is 0 Å². The summed E-state index contributed by atoms with van der Waals surface area (Å²) in [7, 11) is 0. The minimum atomic E-state index is 0.554. The Morgan fingerprint density at radius 3 is 2.65 bits per heavy atom. The minimum Gasteiger partial charge on any atom is -0.312 e. The Labute approximate surface area is 107 Å². The molecule has 2 atom stereocenters. The molecule has 1 saturated carbocycles. The molecule has 2 fully saturated rings. The molecule has 0 aromatic heterocycles. The monoisotopic (exact) mass is 238 g/mol. The molecule has 0 radical (unpaired) electrons. The Morgan fingerprint density at radius 1 is 1.24 bits per heavy atom. The first kappa shape index (κ1) is 13.4. The Hall–Kier alpha value is -0.0800. The summed E-state index contributed by atoms with van der Waals surface area (Å²) in [6.45, 7) is 12.2. The molecule has 2 rings (SSSR count). The van der Waals surface area contributed by atoms with Crippen LogP contribution in [0.4, 0.5) is 0 Å². The van der Waals surface area contributed by atoms with Crippen molar-refractivity contribution in [2.75, 3.05) is 26.2 Å². The van der Waals surface area contributed by atoms with Gasteiger partial charge in [0.2, 0.25) is 0 Å². The molecule has 17 heavy (non-hydrogen) atoms. The Bertz CT molecular complexity index is 237. The van der Waals surface area contributed by atoms with Gasteiger partial charge in [-0.3, -0.25) is 0 Å². The first-order valence-corrected chi connectivity index (χ1v) is 7.53. The summed E-state index contributed by atoms with van der Waals surface area (Å²) >= 11 is 0. The van der Waals surface area contributed by atoms with Crippen molar-refractivity contribution in [3.05, 3.63) is 0 Å². The topological polar surface area (TPSA) is 15.3 Å². The number of hydrogen-bond donors (Lipinski definition) is 1. The van der Waals surface area contributed by atoms with Gasteiger partial charge in [-0.1, -0.05) is 33.6 Å². The van der Waals surface area contributed by atoms with Crippen LogP contribution in [-0.2, 0) is 0 Å². The number of likely N-dealkylation sites (tertiary alicyclic amines) is 1. The van der Waals surface area contributed by atoms with E-state index < -0.39 is 0 Å². The highest BCUT2D eigenvalue weighted by Gasteiger charge is 2.28. The maximum atomic E-state index is 3.78. The van der Waals surface area contributed by atoms with Gasteiger partial charge in [-0.2, -0.15) is 0 Å². The molecule has 2 heteroatoms. The second-order valence-corrected chi connectivity index (χ2v) is 7.01. The molecule has 1 saturated heterocycles. The second kappa shape index (κ2) is 5.71. The minimum absolute atomic E-state index is 0.554. The quantitative estimate of drug-likeness (QED) is 0.810. The zero-order valence-electron chi connectivity index (χ0n) is 12.0. The number of hydrogen-bond acceptors (Lipinski definition) is 2. The fourth-order valence-electron chi connectivity index (χ4n) is 3.44. The zero-order chi connectivity index (χ0) is 12.3. The second-order valence-electron chi connectivity index (χ2n) is 7.01. The third kappa shape index (κ3) is 3.96. The average Bonchev–Trinajstić information content (AvgIpc) is 2.61. The number of nitrogens with one attached hydrogen (secondary N) is 1. The van der Waals surface area contributed by atoms with Crippen molar-refractivity contribution in [1.82, 2.24) is 10.2 Å². The Morgan fingerprint density at radius 2 is 2.00 bits per heavy atom. The van der Waals surface area contributed by atoms with Crippen molar-refractivity contribution in [3.63, 3.8) is 0 Å². The molecule has 1 aliphatic carbocycles. The van der Waals surface area contributed by atoms with Crippen LogP contribution in [-0.4, -0.2) is 37.1 Å². The van der Waals surface area contributed by atoms with Crippen molar-refractivity contribution in [3.8, 4) is 0 Å². The summed E-state index contributed by atoms with van der Waals surface area (Å²) in [6, 6.07) is 0.791. The van der Waals surface area contributed by atoms with E-state index in [1.54, 1.807) is 0 Å². The lowest BCUT2D eigenvalue weighted by Crippen LogP contribution is -2.41. The van der Waals surface area contributed by atoms with Gasteiger partial charge in [0.15, 0.2) is 0 Å². The van der Waals surface area contributed by atoms with Gasteiger partial charge in [0, 0.05) is 25.7 Å². The lowest BCUT2D eigenvalue weighted by Gasteiger charge is -2.30. The lowest BCUT2D eigenvalue weighted by molar-refractivity contribution is 0.250. The van der Waals surface area contributed by atoms with Gasteiger partial charge >= 0.3 is 0 Å². The molecule has 0 aromatic rings.